The van der Waals surface area contributed by atoms with Crippen molar-refractivity contribution in [3.63, 3.8) is 0 Å². The lowest BCUT2D eigenvalue weighted by Gasteiger charge is -2.43. The Hall–Kier alpha value is -0.910. The molecule has 2 rings (SSSR count). The Morgan fingerprint density at radius 1 is 1.43 bits per heavy atom. The van der Waals surface area contributed by atoms with Crippen LogP contribution in [0.1, 0.15) is 39.3 Å². The van der Waals surface area contributed by atoms with Gasteiger partial charge in [-0.1, -0.05) is 13.8 Å². The van der Waals surface area contributed by atoms with Crippen molar-refractivity contribution in [2.45, 2.75) is 51.6 Å². The highest BCUT2D eigenvalue weighted by molar-refractivity contribution is 7.15. The summed E-state index contributed by atoms with van der Waals surface area (Å²) in [5, 5.41) is 5.82. The molecule has 2 aromatic rings. The fourth-order valence-corrected chi connectivity index (χ4v) is 3.51. The predicted octanol–water partition coefficient (Wildman–Crippen LogP) is 3.04. The van der Waals surface area contributed by atoms with Gasteiger partial charge in [0.1, 0.15) is 0 Å². The highest BCUT2D eigenvalue weighted by atomic mass is 32.1. The molecule has 0 spiro atoms. The minimum absolute atomic E-state index is 0.131. The van der Waals surface area contributed by atoms with Crippen LogP contribution in [0.3, 0.4) is 0 Å². The lowest BCUT2D eigenvalue weighted by atomic mass is 9.85. The Bertz CT molecular complexity index is 531. The molecular weight excluding hydrogens is 280 g/mol. The first-order valence-corrected chi connectivity index (χ1v) is 8.71. The monoisotopic (exact) mass is 308 g/mol. The molecule has 5 heteroatoms. The second kappa shape index (κ2) is 6.90. The van der Waals surface area contributed by atoms with Crippen molar-refractivity contribution in [1.29, 1.82) is 0 Å². The number of fused-ring (bicyclic) bond motifs is 1. The Morgan fingerprint density at radius 3 is 2.76 bits per heavy atom. The fourth-order valence-electron chi connectivity index (χ4n) is 2.79. The van der Waals surface area contributed by atoms with Crippen LogP contribution in [0.4, 0.5) is 0 Å². The summed E-state index contributed by atoms with van der Waals surface area (Å²) >= 11 is 1.69. The molecule has 0 saturated heterocycles. The Kier molecular flexibility index (Phi) is 5.41. The number of rotatable bonds is 8. The summed E-state index contributed by atoms with van der Waals surface area (Å²) in [7, 11) is 4.35. The van der Waals surface area contributed by atoms with Gasteiger partial charge in [-0.05, 0) is 40.4 Å². The molecule has 1 N–H and O–H groups in total. The van der Waals surface area contributed by atoms with E-state index in [4.69, 9.17) is 4.98 Å². The van der Waals surface area contributed by atoms with Crippen molar-refractivity contribution in [2.24, 2.45) is 0 Å². The van der Waals surface area contributed by atoms with E-state index in [1.807, 2.05) is 0 Å². The first-order chi connectivity index (χ1) is 10.0. The number of nitrogens with one attached hydrogen (secondary N) is 1. The van der Waals surface area contributed by atoms with Gasteiger partial charge in [-0.2, -0.15) is 0 Å². The van der Waals surface area contributed by atoms with Crippen molar-refractivity contribution < 1.29 is 0 Å². The SMILES string of the molecule is CCCNC(Cc1cn2ccsc2n1)C(C)(CC)N(C)C. The molecule has 21 heavy (non-hydrogen) atoms. The number of hydrogen-bond donors (Lipinski definition) is 1. The second-order valence-electron chi connectivity index (χ2n) is 6.14. The minimum Gasteiger partial charge on any atom is -0.312 e. The van der Waals surface area contributed by atoms with Crippen molar-refractivity contribution in [2.75, 3.05) is 20.6 Å². The summed E-state index contributed by atoms with van der Waals surface area (Å²) in [5.74, 6) is 0. The first-order valence-electron chi connectivity index (χ1n) is 7.83. The molecule has 2 unspecified atom stereocenters. The Morgan fingerprint density at radius 2 is 2.19 bits per heavy atom. The van der Waals surface area contributed by atoms with E-state index >= 15 is 0 Å². The van der Waals surface area contributed by atoms with Crippen molar-refractivity contribution >= 4 is 16.3 Å². The summed E-state index contributed by atoms with van der Waals surface area (Å²) in [6.45, 7) is 7.89. The molecule has 0 aliphatic carbocycles. The number of hydrogen-bond acceptors (Lipinski definition) is 4. The Balaban J connectivity index is 2.20. The summed E-state index contributed by atoms with van der Waals surface area (Å²) in [4.78, 5) is 8.18. The van der Waals surface area contributed by atoms with Gasteiger partial charge in [0.05, 0.1) is 5.69 Å². The summed E-state index contributed by atoms with van der Waals surface area (Å²) in [5.41, 5.74) is 1.31. The van der Waals surface area contributed by atoms with Gasteiger partial charge in [0.2, 0.25) is 0 Å². The summed E-state index contributed by atoms with van der Waals surface area (Å²) in [6.07, 6.45) is 7.48. The average Bonchev–Trinajstić information content (AvgIpc) is 3.03. The number of likely N-dealkylation sites (N-methyl/N-ethyl adjacent to an activating group) is 1. The predicted molar refractivity (Wildman–Crippen MR) is 91.2 cm³/mol. The molecule has 0 aliphatic rings. The van der Waals surface area contributed by atoms with Gasteiger partial charge in [-0.3, -0.25) is 4.40 Å². The zero-order valence-electron chi connectivity index (χ0n) is 13.9. The molecule has 0 bridgehead atoms. The molecule has 2 heterocycles. The molecule has 4 nitrogen and oxygen atoms in total. The third kappa shape index (κ3) is 3.47. The fraction of sp³-hybridized carbons (Fsp3) is 0.688. The highest BCUT2D eigenvalue weighted by Crippen LogP contribution is 2.24. The standard InChI is InChI=1S/C16H28N4S/c1-6-8-17-14(16(3,7-2)19(4)5)11-13-12-20-9-10-21-15(20)18-13/h9-10,12,14,17H,6-8,11H2,1-5H3. The van der Waals surface area contributed by atoms with E-state index in [9.17, 15) is 0 Å². The van der Waals surface area contributed by atoms with Crippen LogP contribution in [0.25, 0.3) is 4.96 Å². The van der Waals surface area contributed by atoms with Crippen LogP contribution in [-0.4, -0.2) is 46.5 Å². The largest absolute Gasteiger partial charge is 0.312 e. The third-order valence-electron chi connectivity index (χ3n) is 4.69. The van der Waals surface area contributed by atoms with Gasteiger partial charge in [-0.15, -0.1) is 11.3 Å². The first kappa shape index (κ1) is 16.5. The summed E-state index contributed by atoms with van der Waals surface area (Å²) in [6, 6.07) is 0.405. The second-order valence-corrected chi connectivity index (χ2v) is 7.01. The molecule has 0 amide bonds. The number of thiazole rings is 1. The van der Waals surface area contributed by atoms with E-state index in [1.54, 1.807) is 11.3 Å². The van der Waals surface area contributed by atoms with Gasteiger partial charge in [0.15, 0.2) is 4.96 Å². The van der Waals surface area contributed by atoms with Crippen molar-refractivity contribution in [1.82, 2.24) is 19.6 Å². The van der Waals surface area contributed by atoms with Crippen LogP contribution >= 0.6 is 11.3 Å². The van der Waals surface area contributed by atoms with Gasteiger partial charge in [0.25, 0.3) is 0 Å². The molecule has 2 atom stereocenters. The van der Waals surface area contributed by atoms with Crippen LogP contribution in [0.5, 0.6) is 0 Å². The van der Waals surface area contributed by atoms with E-state index in [0.29, 0.717) is 6.04 Å². The molecule has 0 radical (unpaired) electrons. The zero-order chi connectivity index (χ0) is 15.5. The summed E-state index contributed by atoms with van der Waals surface area (Å²) < 4.78 is 2.12. The number of nitrogens with zero attached hydrogens (tertiary/aromatic N) is 3. The van der Waals surface area contributed by atoms with Crippen molar-refractivity contribution in [3.8, 4) is 0 Å². The van der Waals surface area contributed by atoms with E-state index < -0.39 is 0 Å². The minimum atomic E-state index is 0.131. The van der Waals surface area contributed by atoms with E-state index in [0.717, 1.165) is 30.8 Å². The average molecular weight is 308 g/mol. The van der Waals surface area contributed by atoms with Crippen LogP contribution < -0.4 is 5.32 Å². The maximum Gasteiger partial charge on any atom is 0.193 e. The molecule has 2 aromatic heterocycles. The van der Waals surface area contributed by atoms with Crippen LogP contribution in [-0.2, 0) is 6.42 Å². The van der Waals surface area contributed by atoms with E-state index in [-0.39, 0.29) is 5.54 Å². The Labute approximate surface area is 132 Å². The van der Waals surface area contributed by atoms with Crippen LogP contribution in [0, 0.1) is 0 Å². The molecule has 118 valence electrons. The van der Waals surface area contributed by atoms with Crippen LogP contribution in [0.2, 0.25) is 0 Å². The van der Waals surface area contributed by atoms with Gasteiger partial charge in [-0.25, -0.2) is 4.98 Å². The maximum atomic E-state index is 4.75. The molecule has 0 saturated carbocycles. The maximum absolute atomic E-state index is 4.75. The topological polar surface area (TPSA) is 32.6 Å². The van der Waals surface area contributed by atoms with E-state index in [1.165, 1.54) is 5.69 Å². The molecule has 0 aliphatic heterocycles. The highest BCUT2D eigenvalue weighted by Gasteiger charge is 2.34. The van der Waals surface area contributed by atoms with E-state index in [2.05, 4.69) is 67.3 Å². The molecule has 0 fully saturated rings. The zero-order valence-corrected chi connectivity index (χ0v) is 14.7. The van der Waals surface area contributed by atoms with Gasteiger partial charge >= 0.3 is 0 Å². The quantitative estimate of drug-likeness (QED) is 0.813. The smallest absolute Gasteiger partial charge is 0.193 e. The lowest BCUT2D eigenvalue weighted by Crippen LogP contribution is -2.58. The third-order valence-corrected chi connectivity index (χ3v) is 5.46. The number of imidazole rings is 1. The van der Waals surface area contributed by atoms with Crippen molar-refractivity contribution in [3.05, 3.63) is 23.5 Å². The van der Waals surface area contributed by atoms with Gasteiger partial charge in [0, 0.05) is 35.8 Å². The lowest BCUT2D eigenvalue weighted by molar-refractivity contribution is 0.112. The number of aromatic nitrogens is 2. The normalized spacial score (nSPS) is 16.5. The molecule has 0 aromatic carbocycles. The van der Waals surface area contributed by atoms with Gasteiger partial charge < -0.3 is 10.2 Å². The molecular formula is C16H28N4S. The van der Waals surface area contributed by atoms with Crippen LogP contribution in [0.15, 0.2) is 17.8 Å².